The van der Waals surface area contributed by atoms with Crippen molar-refractivity contribution in [2.75, 3.05) is 9.62 Å². The minimum absolute atomic E-state index is 0.220. The van der Waals surface area contributed by atoms with Crippen LogP contribution in [-0.4, -0.2) is 8.42 Å². The average molecular weight is 449 g/mol. The van der Waals surface area contributed by atoms with E-state index in [4.69, 9.17) is 11.6 Å². The van der Waals surface area contributed by atoms with Crippen LogP contribution in [-0.2, 0) is 16.6 Å². The number of benzene rings is 4. The Hall–Kier alpha value is -3.28. The molecule has 0 amide bonds. The number of hydrogen-bond donors (Lipinski definition) is 1. The first-order chi connectivity index (χ1) is 15.0. The molecule has 4 aromatic rings. The van der Waals surface area contributed by atoms with Crippen molar-refractivity contribution in [1.82, 2.24) is 0 Å². The molecule has 0 aliphatic heterocycles. The summed E-state index contributed by atoms with van der Waals surface area (Å²) in [5.41, 5.74) is 3.08. The predicted octanol–water partition coefficient (Wildman–Crippen LogP) is 6.48. The Balaban J connectivity index is 1.59. The van der Waals surface area contributed by atoms with Crippen molar-refractivity contribution in [1.29, 1.82) is 0 Å². The van der Waals surface area contributed by atoms with Crippen LogP contribution in [0.25, 0.3) is 0 Å². The molecule has 0 fully saturated rings. The summed E-state index contributed by atoms with van der Waals surface area (Å²) < 4.78 is 28.5. The SMILES string of the molecule is O=S(=O)(c1ccc(NCc2ccc(Cl)cc2)cc1)N(c1ccccc1)c1ccccc1. The molecule has 0 saturated heterocycles. The summed E-state index contributed by atoms with van der Waals surface area (Å²) in [5.74, 6) is 0. The van der Waals surface area contributed by atoms with Gasteiger partial charge in [0, 0.05) is 17.3 Å². The first-order valence-corrected chi connectivity index (χ1v) is 11.6. The molecule has 4 rings (SSSR count). The molecule has 0 aromatic heterocycles. The van der Waals surface area contributed by atoms with E-state index in [2.05, 4.69) is 5.32 Å². The molecule has 6 heteroatoms. The summed E-state index contributed by atoms with van der Waals surface area (Å²) in [5, 5.41) is 3.99. The Morgan fingerprint density at radius 2 is 1.19 bits per heavy atom. The van der Waals surface area contributed by atoms with Gasteiger partial charge >= 0.3 is 0 Å². The van der Waals surface area contributed by atoms with Gasteiger partial charge in [0.1, 0.15) is 0 Å². The van der Waals surface area contributed by atoms with E-state index in [1.165, 1.54) is 4.31 Å². The number of nitrogens with one attached hydrogen (secondary N) is 1. The fourth-order valence-electron chi connectivity index (χ4n) is 3.21. The summed E-state index contributed by atoms with van der Waals surface area (Å²) >= 11 is 5.92. The number of nitrogens with zero attached hydrogens (tertiary/aromatic N) is 1. The van der Waals surface area contributed by atoms with Crippen molar-refractivity contribution in [2.45, 2.75) is 11.4 Å². The van der Waals surface area contributed by atoms with Gasteiger partial charge in [0.05, 0.1) is 16.3 Å². The molecule has 0 aliphatic carbocycles. The molecule has 0 spiro atoms. The third-order valence-electron chi connectivity index (χ3n) is 4.78. The number of sulfonamides is 1. The minimum Gasteiger partial charge on any atom is -0.381 e. The second kappa shape index (κ2) is 9.25. The molecular weight excluding hydrogens is 428 g/mol. The Morgan fingerprint density at radius 1 is 0.677 bits per heavy atom. The molecule has 4 aromatic carbocycles. The Morgan fingerprint density at radius 3 is 1.71 bits per heavy atom. The third kappa shape index (κ3) is 4.90. The second-order valence-electron chi connectivity index (χ2n) is 6.94. The average Bonchev–Trinajstić information content (AvgIpc) is 2.80. The van der Waals surface area contributed by atoms with Crippen molar-refractivity contribution >= 4 is 38.7 Å². The summed E-state index contributed by atoms with van der Waals surface area (Å²) in [6, 6.07) is 32.5. The lowest BCUT2D eigenvalue weighted by atomic mass is 10.2. The zero-order valence-corrected chi connectivity index (χ0v) is 18.2. The monoisotopic (exact) mass is 448 g/mol. The molecule has 1 N–H and O–H groups in total. The fraction of sp³-hybridized carbons (Fsp3) is 0.0400. The van der Waals surface area contributed by atoms with Gasteiger partial charge in [-0.3, -0.25) is 0 Å². The van der Waals surface area contributed by atoms with Crippen LogP contribution in [0.1, 0.15) is 5.56 Å². The van der Waals surface area contributed by atoms with Gasteiger partial charge in [-0.15, -0.1) is 0 Å². The first kappa shape index (κ1) is 21.0. The standard InChI is InChI=1S/C25H21ClN2O2S/c26-21-13-11-20(12-14-21)19-27-22-15-17-25(18-16-22)31(29,30)28(23-7-3-1-4-8-23)24-9-5-2-6-10-24/h1-18,27H,19H2. The van der Waals surface area contributed by atoms with Crippen molar-refractivity contribution in [3.8, 4) is 0 Å². The van der Waals surface area contributed by atoms with E-state index in [1.807, 2.05) is 60.7 Å². The molecule has 0 atom stereocenters. The largest absolute Gasteiger partial charge is 0.381 e. The number of halogens is 1. The van der Waals surface area contributed by atoms with Gasteiger partial charge in [-0.1, -0.05) is 60.1 Å². The van der Waals surface area contributed by atoms with Crippen molar-refractivity contribution in [2.24, 2.45) is 0 Å². The smallest absolute Gasteiger partial charge is 0.268 e. The van der Waals surface area contributed by atoms with Crippen LogP contribution in [0, 0.1) is 0 Å². The van der Waals surface area contributed by atoms with E-state index >= 15 is 0 Å². The maximum absolute atomic E-state index is 13.5. The third-order valence-corrected chi connectivity index (χ3v) is 6.81. The van der Waals surface area contributed by atoms with Crippen molar-refractivity contribution in [3.63, 3.8) is 0 Å². The van der Waals surface area contributed by atoms with Gasteiger partial charge in [-0.05, 0) is 66.2 Å². The van der Waals surface area contributed by atoms with Crippen LogP contribution in [0.15, 0.2) is 114 Å². The molecule has 31 heavy (non-hydrogen) atoms. The van der Waals surface area contributed by atoms with Crippen molar-refractivity contribution < 1.29 is 8.42 Å². The van der Waals surface area contributed by atoms with Crippen LogP contribution in [0.3, 0.4) is 0 Å². The molecule has 0 unspecified atom stereocenters. The van der Waals surface area contributed by atoms with Crippen LogP contribution < -0.4 is 9.62 Å². The topological polar surface area (TPSA) is 49.4 Å². The van der Waals surface area contributed by atoms with Crippen LogP contribution in [0.5, 0.6) is 0 Å². The summed E-state index contributed by atoms with van der Waals surface area (Å²) in [6.07, 6.45) is 0. The Kier molecular flexibility index (Phi) is 6.26. The highest BCUT2D eigenvalue weighted by Gasteiger charge is 2.26. The summed E-state index contributed by atoms with van der Waals surface area (Å²) in [4.78, 5) is 0.220. The highest BCUT2D eigenvalue weighted by Crippen LogP contribution is 2.32. The highest BCUT2D eigenvalue weighted by atomic mass is 35.5. The van der Waals surface area contributed by atoms with Gasteiger partial charge in [0.2, 0.25) is 0 Å². The van der Waals surface area contributed by atoms with E-state index in [9.17, 15) is 8.42 Å². The van der Waals surface area contributed by atoms with Gasteiger partial charge in [-0.2, -0.15) is 0 Å². The van der Waals surface area contributed by atoms with E-state index in [0.717, 1.165) is 11.3 Å². The first-order valence-electron chi connectivity index (χ1n) is 9.78. The van der Waals surface area contributed by atoms with Gasteiger partial charge in [0.15, 0.2) is 0 Å². The fourth-order valence-corrected chi connectivity index (χ4v) is 4.83. The quantitative estimate of drug-likeness (QED) is 0.352. The van der Waals surface area contributed by atoms with Crippen LogP contribution in [0.4, 0.5) is 17.1 Å². The molecule has 0 saturated carbocycles. The number of hydrogen-bond acceptors (Lipinski definition) is 3. The van der Waals surface area contributed by atoms with Gasteiger partial charge < -0.3 is 5.32 Å². The van der Waals surface area contributed by atoms with E-state index in [1.54, 1.807) is 48.5 Å². The summed E-state index contributed by atoms with van der Waals surface area (Å²) in [7, 11) is -3.80. The molecule has 156 valence electrons. The zero-order valence-electron chi connectivity index (χ0n) is 16.6. The number of para-hydroxylation sites is 2. The maximum Gasteiger partial charge on any atom is 0.268 e. The van der Waals surface area contributed by atoms with E-state index in [-0.39, 0.29) is 4.90 Å². The molecular formula is C25H21ClN2O2S. The Bertz CT molecular complexity index is 1190. The normalized spacial score (nSPS) is 11.1. The molecule has 0 bridgehead atoms. The van der Waals surface area contributed by atoms with E-state index < -0.39 is 10.0 Å². The van der Waals surface area contributed by atoms with Crippen LogP contribution in [0.2, 0.25) is 5.02 Å². The van der Waals surface area contributed by atoms with Gasteiger partial charge in [-0.25, -0.2) is 12.7 Å². The van der Waals surface area contributed by atoms with Crippen LogP contribution >= 0.6 is 11.6 Å². The highest BCUT2D eigenvalue weighted by molar-refractivity contribution is 7.93. The minimum atomic E-state index is -3.80. The second-order valence-corrected chi connectivity index (χ2v) is 9.17. The number of rotatable bonds is 7. The number of anilines is 3. The van der Waals surface area contributed by atoms with Crippen molar-refractivity contribution in [3.05, 3.63) is 120 Å². The maximum atomic E-state index is 13.5. The lowest BCUT2D eigenvalue weighted by Gasteiger charge is -2.24. The molecule has 4 nitrogen and oxygen atoms in total. The lowest BCUT2D eigenvalue weighted by Crippen LogP contribution is -2.26. The predicted molar refractivity (Wildman–Crippen MR) is 127 cm³/mol. The van der Waals surface area contributed by atoms with E-state index in [0.29, 0.717) is 22.9 Å². The lowest BCUT2D eigenvalue weighted by molar-refractivity contribution is 0.596. The Labute approximate surface area is 187 Å². The summed E-state index contributed by atoms with van der Waals surface area (Å²) in [6.45, 7) is 0.615. The molecule has 0 aliphatic rings. The zero-order chi connectivity index (χ0) is 21.7. The molecule has 0 radical (unpaired) electrons. The molecule has 0 heterocycles. The van der Waals surface area contributed by atoms with Gasteiger partial charge in [0.25, 0.3) is 10.0 Å².